The average Bonchev–Trinajstić information content (AvgIpc) is 3.66. The fourth-order valence-corrected chi connectivity index (χ4v) is 7.12. The number of nitrogens with one attached hydrogen (secondary N) is 3. The number of nitrogens with zero attached hydrogens (tertiary/aromatic N) is 4. The molecule has 3 aromatic heterocycles. The summed E-state index contributed by atoms with van der Waals surface area (Å²) < 4.78 is 16.6. The smallest absolute Gasteiger partial charge is 0.407 e. The Balaban J connectivity index is 1.32. The first kappa shape index (κ1) is 35.9. The summed E-state index contributed by atoms with van der Waals surface area (Å²) in [5.41, 5.74) is 3.51. The molecule has 0 spiro atoms. The Bertz CT molecular complexity index is 1690. The second-order valence-electron chi connectivity index (χ2n) is 14.7. The van der Waals surface area contributed by atoms with Crippen LogP contribution < -0.4 is 16.0 Å². The van der Waals surface area contributed by atoms with Gasteiger partial charge in [0.25, 0.3) is 5.91 Å². The number of carbonyl (C=O) groups is 2. The van der Waals surface area contributed by atoms with Gasteiger partial charge in [-0.15, -0.1) is 0 Å². The van der Waals surface area contributed by atoms with Crippen LogP contribution >= 0.6 is 22.6 Å². The Hall–Kier alpha value is -3.43. The zero-order valence-corrected chi connectivity index (χ0v) is 32.0. The van der Waals surface area contributed by atoms with Crippen LogP contribution in [-0.2, 0) is 22.7 Å². The third kappa shape index (κ3) is 9.81. The van der Waals surface area contributed by atoms with Gasteiger partial charge in [-0.3, -0.25) is 9.36 Å². The number of hydrogen-bond acceptors (Lipinski definition) is 7. The van der Waals surface area contributed by atoms with E-state index >= 15 is 0 Å². The molecule has 0 atom stereocenters. The van der Waals surface area contributed by atoms with E-state index in [1.165, 1.54) is 0 Å². The molecule has 0 saturated heterocycles. The fourth-order valence-electron chi connectivity index (χ4n) is 5.69. The van der Waals surface area contributed by atoms with Gasteiger partial charge in [-0.2, -0.15) is 0 Å². The summed E-state index contributed by atoms with van der Waals surface area (Å²) in [4.78, 5) is 35.0. The van der Waals surface area contributed by atoms with Crippen molar-refractivity contribution in [1.29, 1.82) is 0 Å². The summed E-state index contributed by atoms with van der Waals surface area (Å²) in [6.45, 7) is 14.1. The normalized spacial score (nSPS) is 16.9. The zero-order chi connectivity index (χ0) is 34.5. The van der Waals surface area contributed by atoms with Gasteiger partial charge in [-0.1, -0.05) is 31.8 Å². The van der Waals surface area contributed by atoms with Crippen molar-refractivity contribution < 1.29 is 19.1 Å². The topological polar surface area (TPSA) is 124 Å². The highest BCUT2D eigenvalue weighted by molar-refractivity contribution is 14.1. The number of hydrogen-bond donors (Lipinski definition) is 3. The van der Waals surface area contributed by atoms with Crippen LogP contribution in [0.4, 0.5) is 10.5 Å². The summed E-state index contributed by atoms with van der Waals surface area (Å²) >= 11 is 2.32. The molecule has 11 nitrogen and oxygen atoms in total. The SMILES string of the molecule is CC(C)(C)OC(=O)NC1CCC(Nc2c(C(=O)NCc3ccc(-n4ccnc4)cc3)cnc3c2cc(I)n3COCC[Si](C)(C)C)CC1. The van der Waals surface area contributed by atoms with Gasteiger partial charge in [0.1, 0.15) is 18.0 Å². The summed E-state index contributed by atoms with van der Waals surface area (Å²) in [6.07, 6.45) is 9.99. The van der Waals surface area contributed by atoms with Gasteiger partial charge in [0.05, 0.1) is 21.3 Å². The van der Waals surface area contributed by atoms with E-state index in [4.69, 9.17) is 14.5 Å². The van der Waals surface area contributed by atoms with E-state index in [9.17, 15) is 9.59 Å². The fraction of sp³-hybridized carbons (Fsp3) is 0.486. The minimum atomic E-state index is -1.21. The third-order valence-electron chi connectivity index (χ3n) is 8.32. The number of anilines is 1. The number of amides is 2. The molecule has 3 heterocycles. The molecule has 1 saturated carbocycles. The Morgan fingerprint density at radius 2 is 1.77 bits per heavy atom. The highest BCUT2D eigenvalue weighted by Crippen LogP contribution is 2.33. The second-order valence-corrected chi connectivity index (χ2v) is 21.4. The molecule has 13 heteroatoms. The van der Waals surface area contributed by atoms with Crippen LogP contribution in [0.5, 0.6) is 0 Å². The van der Waals surface area contributed by atoms with Gasteiger partial charge in [0.15, 0.2) is 0 Å². The van der Waals surface area contributed by atoms with Crippen molar-refractivity contribution in [2.75, 3.05) is 11.9 Å². The minimum Gasteiger partial charge on any atom is -0.444 e. The predicted molar refractivity (Wildman–Crippen MR) is 200 cm³/mol. The zero-order valence-electron chi connectivity index (χ0n) is 28.8. The van der Waals surface area contributed by atoms with Gasteiger partial charge in [0, 0.05) is 63.0 Å². The number of halogens is 1. The van der Waals surface area contributed by atoms with Crippen molar-refractivity contribution in [2.24, 2.45) is 0 Å². The molecular formula is C35H48IN7O4Si. The Morgan fingerprint density at radius 3 is 2.42 bits per heavy atom. The van der Waals surface area contributed by atoms with Crippen molar-refractivity contribution in [3.8, 4) is 5.69 Å². The molecule has 0 unspecified atom stereocenters. The quantitative estimate of drug-likeness (QED) is 0.0782. The van der Waals surface area contributed by atoms with Gasteiger partial charge in [-0.25, -0.2) is 14.8 Å². The lowest BCUT2D eigenvalue weighted by atomic mass is 9.91. The number of alkyl carbamates (subject to hydrolysis) is 1. The second kappa shape index (κ2) is 15.4. The van der Waals surface area contributed by atoms with Gasteiger partial charge in [0.2, 0.25) is 0 Å². The first-order valence-electron chi connectivity index (χ1n) is 16.6. The Kier molecular flexibility index (Phi) is 11.5. The molecule has 3 N–H and O–H groups in total. The van der Waals surface area contributed by atoms with Crippen LogP contribution in [-0.4, -0.2) is 63.5 Å². The van der Waals surface area contributed by atoms with E-state index in [0.717, 1.165) is 63.4 Å². The van der Waals surface area contributed by atoms with E-state index < -0.39 is 13.7 Å². The van der Waals surface area contributed by atoms with Gasteiger partial charge in [-0.05, 0) is 98.9 Å². The van der Waals surface area contributed by atoms with Crippen molar-refractivity contribution in [3.05, 3.63) is 70.1 Å². The third-order valence-corrected chi connectivity index (χ3v) is 10.9. The number of imidazole rings is 1. The molecule has 48 heavy (non-hydrogen) atoms. The monoisotopic (exact) mass is 785 g/mol. The standard InChI is InChI=1S/C35H48IN7O4Si/c1-35(2,3)47-34(45)41-26-11-9-25(10-12-26)40-31-28-19-30(36)43(23-46-17-18-48(4,5)6)32(28)38-21-29(31)33(44)39-20-24-7-13-27(14-8-24)42-16-15-37-22-42/h7-8,13-16,19,21-22,25-26H,9-12,17-18,20,23H2,1-6H3,(H,38,40)(H,39,44)(H,41,45). The maximum atomic E-state index is 13.8. The maximum Gasteiger partial charge on any atom is 0.407 e. The first-order chi connectivity index (χ1) is 22.8. The lowest BCUT2D eigenvalue weighted by Gasteiger charge is -2.31. The average molecular weight is 786 g/mol. The molecule has 1 aliphatic carbocycles. The summed E-state index contributed by atoms with van der Waals surface area (Å²) in [6, 6.07) is 11.4. The molecule has 0 aliphatic heterocycles. The van der Waals surface area contributed by atoms with E-state index in [-0.39, 0.29) is 24.1 Å². The maximum absolute atomic E-state index is 13.8. The number of rotatable bonds is 12. The van der Waals surface area contributed by atoms with Crippen molar-refractivity contribution in [2.45, 2.75) is 103 Å². The van der Waals surface area contributed by atoms with E-state index in [1.807, 2.05) is 55.8 Å². The molecule has 5 rings (SSSR count). The van der Waals surface area contributed by atoms with Crippen molar-refractivity contribution >= 4 is 59.4 Å². The molecule has 1 fully saturated rings. The van der Waals surface area contributed by atoms with Crippen LogP contribution in [0.2, 0.25) is 25.7 Å². The van der Waals surface area contributed by atoms with Crippen molar-refractivity contribution in [1.82, 2.24) is 29.7 Å². The number of benzene rings is 1. The molecule has 4 aromatic rings. The Morgan fingerprint density at radius 1 is 1.06 bits per heavy atom. The van der Waals surface area contributed by atoms with Crippen LogP contribution in [0.15, 0.2) is 55.2 Å². The van der Waals surface area contributed by atoms with Gasteiger partial charge < -0.3 is 30.0 Å². The molecule has 2 amide bonds. The molecule has 0 radical (unpaired) electrons. The van der Waals surface area contributed by atoms with E-state index in [1.54, 1.807) is 18.7 Å². The molecular weight excluding hydrogens is 737 g/mol. The largest absolute Gasteiger partial charge is 0.444 e. The lowest BCUT2D eigenvalue weighted by Crippen LogP contribution is -2.42. The highest BCUT2D eigenvalue weighted by Gasteiger charge is 2.27. The highest BCUT2D eigenvalue weighted by atomic mass is 127. The predicted octanol–water partition coefficient (Wildman–Crippen LogP) is 7.32. The summed E-state index contributed by atoms with van der Waals surface area (Å²) in [7, 11) is -1.21. The van der Waals surface area contributed by atoms with Crippen LogP contribution in [0.25, 0.3) is 16.7 Å². The number of fused-ring (bicyclic) bond motifs is 1. The number of pyridine rings is 1. The number of ether oxygens (including phenoxy) is 2. The molecule has 0 bridgehead atoms. The lowest BCUT2D eigenvalue weighted by molar-refractivity contribution is 0.0491. The molecule has 1 aromatic carbocycles. The summed E-state index contributed by atoms with van der Waals surface area (Å²) in [5.74, 6) is -0.194. The van der Waals surface area contributed by atoms with Crippen molar-refractivity contribution in [3.63, 3.8) is 0 Å². The van der Waals surface area contributed by atoms with Crippen LogP contribution in [0, 0.1) is 3.70 Å². The number of aromatic nitrogens is 4. The summed E-state index contributed by atoms with van der Waals surface area (Å²) in [5, 5.41) is 10.7. The van der Waals surface area contributed by atoms with Gasteiger partial charge >= 0.3 is 6.09 Å². The van der Waals surface area contributed by atoms with Crippen LogP contribution in [0.1, 0.15) is 62.4 Å². The Labute approximate surface area is 297 Å². The molecule has 258 valence electrons. The molecule has 1 aliphatic rings. The van der Waals surface area contributed by atoms with E-state index in [2.05, 4.69) is 73.8 Å². The van der Waals surface area contributed by atoms with Crippen LogP contribution in [0.3, 0.4) is 0 Å². The number of carbonyl (C=O) groups excluding carboxylic acids is 2. The first-order valence-corrected chi connectivity index (χ1v) is 21.4. The van der Waals surface area contributed by atoms with E-state index in [0.29, 0.717) is 25.4 Å². The minimum absolute atomic E-state index is 0.0497.